The van der Waals surface area contributed by atoms with E-state index in [4.69, 9.17) is 16.3 Å². The Hall–Kier alpha value is -2.00. The predicted octanol–water partition coefficient (Wildman–Crippen LogP) is 2.35. The van der Waals surface area contributed by atoms with Crippen LogP contribution in [0.3, 0.4) is 0 Å². The van der Waals surface area contributed by atoms with E-state index < -0.39 is 34.0 Å². The quantitative estimate of drug-likeness (QED) is 0.761. The smallest absolute Gasteiger partial charge is 0.324 e. The minimum absolute atomic E-state index is 0.0380. The maximum absolute atomic E-state index is 13.2. The molecule has 1 heterocycles. The number of carbonyl (C=O) groups is 1. The predicted molar refractivity (Wildman–Crippen MR) is 96.0 cm³/mol. The van der Waals surface area contributed by atoms with Gasteiger partial charge in [0.1, 0.15) is 18.5 Å². The summed E-state index contributed by atoms with van der Waals surface area (Å²) in [4.78, 5) is 12.4. The second-order valence-electron chi connectivity index (χ2n) is 6.17. The molecule has 2 atom stereocenters. The Morgan fingerprint density at radius 2 is 1.96 bits per heavy atom. The number of sulfonamides is 1. The Morgan fingerprint density at radius 3 is 2.63 bits per heavy atom. The van der Waals surface area contributed by atoms with Gasteiger partial charge in [-0.1, -0.05) is 23.7 Å². The zero-order valence-corrected chi connectivity index (χ0v) is 15.7. The maximum Gasteiger partial charge on any atom is 0.324 e. The molecule has 0 aromatic heterocycles. The third-order valence-corrected chi connectivity index (χ3v) is 6.34. The molecule has 27 heavy (non-hydrogen) atoms. The van der Waals surface area contributed by atoms with Crippen LogP contribution >= 0.6 is 11.6 Å². The van der Waals surface area contributed by atoms with E-state index in [9.17, 15) is 22.7 Å². The minimum Gasteiger partial charge on any atom is -0.460 e. The summed E-state index contributed by atoms with van der Waals surface area (Å²) in [5, 5.41) is 10.3. The molecule has 1 aliphatic rings. The lowest BCUT2D eigenvalue weighted by atomic mass is 10.2. The van der Waals surface area contributed by atoms with Gasteiger partial charge in [-0.05, 0) is 42.0 Å². The van der Waals surface area contributed by atoms with Gasteiger partial charge in [0.15, 0.2) is 0 Å². The van der Waals surface area contributed by atoms with Crippen LogP contribution in [0.15, 0.2) is 53.4 Å². The average Bonchev–Trinajstić information content (AvgIpc) is 3.03. The standard InChI is InChI=1S/C18H17ClFNO5S/c19-13-4-6-16(7-5-13)27(24,25)21-10-15(22)9-17(21)18(23)26-11-12-2-1-3-14(20)8-12/h1-8,15,17,22H,9-11H2. The highest BCUT2D eigenvalue weighted by Gasteiger charge is 2.44. The highest BCUT2D eigenvalue weighted by Crippen LogP contribution is 2.28. The first kappa shape index (κ1) is 19.8. The monoisotopic (exact) mass is 413 g/mol. The lowest BCUT2D eigenvalue weighted by molar-refractivity contribution is -0.148. The van der Waals surface area contributed by atoms with Crippen molar-refractivity contribution in [2.75, 3.05) is 6.54 Å². The van der Waals surface area contributed by atoms with Crippen LogP contribution in [0.2, 0.25) is 5.02 Å². The van der Waals surface area contributed by atoms with Crippen molar-refractivity contribution >= 4 is 27.6 Å². The van der Waals surface area contributed by atoms with Crippen molar-refractivity contribution in [1.29, 1.82) is 0 Å². The van der Waals surface area contributed by atoms with Crippen molar-refractivity contribution in [3.63, 3.8) is 0 Å². The first-order valence-corrected chi connectivity index (χ1v) is 9.96. The van der Waals surface area contributed by atoms with Gasteiger partial charge >= 0.3 is 5.97 Å². The Kier molecular flexibility index (Phi) is 5.81. The van der Waals surface area contributed by atoms with Crippen LogP contribution in [-0.4, -0.2) is 42.5 Å². The Labute approximate surface area is 161 Å². The zero-order chi connectivity index (χ0) is 19.6. The summed E-state index contributed by atoms with van der Waals surface area (Å²) >= 11 is 5.79. The van der Waals surface area contributed by atoms with Crippen LogP contribution in [0.5, 0.6) is 0 Å². The molecule has 144 valence electrons. The van der Waals surface area contributed by atoms with E-state index in [2.05, 4.69) is 0 Å². The van der Waals surface area contributed by atoms with Gasteiger partial charge in [0.05, 0.1) is 11.0 Å². The van der Waals surface area contributed by atoms with Gasteiger partial charge in [-0.3, -0.25) is 4.79 Å². The van der Waals surface area contributed by atoms with Crippen LogP contribution in [0.1, 0.15) is 12.0 Å². The van der Waals surface area contributed by atoms with Gasteiger partial charge in [-0.2, -0.15) is 4.31 Å². The molecule has 1 saturated heterocycles. The van der Waals surface area contributed by atoms with Crippen molar-refractivity contribution in [3.05, 3.63) is 64.9 Å². The normalized spacial score (nSPS) is 20.6. The molecule has 0 aliphatic carbocycles. The molecule has 3 rings (SSSR count). The molecule has 6 nitrogen and oxygen atoms in total. The second kappa shape index (κ2) is 7.93. The molecular weight excluding hydrogens is 397 g/mol. The summed E-state index contributed by atoms with van der Waals surface area (Å²) in [6, 6.07) is 9.91. The number of aliphatic hydroxyl groups excluding tert-OH is 1. The van der Waals surface area contributed by atoms with E-state index in [1.54, 1.807) is 6.07 Å². The highest BCUT2D eigenvalue weighted by molar-refractivity contribution is 7.89. The minimum atomic E-state index is -4.02. The molecule has 0 amide bonds. The number of hydrogen-bond acceptors (Lipinski definition) is 5. The van der Waals surface area contributed by atoms with Crippen molar-refractivity contribution in [1.82, 2.24) is 4.31 Å². The molecule has 1 aliphatic heterocycles. The zero-order valence-electron chi connectivity index (χ0n) is 14.1. The van der Waals surface area contributed by atoms with Crippen molar-refractivity contribution < 1.29 is 27.4 Å². The Bertz CT molecular complexity index is 935. The molecule has 2 aromatic carbocycles. The summed E-state index contributed by atoms with van der Waals surface area (Å²) in [5.41, 5.74) is 0.439. The number of β-amino-alcohol motifs (C(OH)–C–C–N with tert-alkyl or cyclic N) is 1. The number of esters is 1. The number of benzene rings is 2. The topological polar surface area (TPSA) is 83.9 Å². The van der Waals surface area contributed by atoms with Gasteiger partial charge in [0.25, 0.3) is 0 Å². The third kappa shape index (κ3) is 4.47. The van der Waals surface area contributed by atoms with Crippen LogP contribution in [0, 0.1) is 5.82 Å². The Balaban J connectivity index is 1.77. The lowest BCUT2D eigenvalue weighted by Crippen LogP contribution is -2.41. The van der Waals surface area contributed by atoms with Crippen molar-refractivity contribution in [2.45, 2.75) is 30.1 Å². The number of aliphatic hydroxyl groups is 1. The third-order valence-electron chi connectivity index (χ3n) is 4.20. The molecule has 2 unspecified atom stereocenters. The molecule has 9 heteroatoms. The maximum atomic E-state index is 13.2. The molecule has 1 N–H and O–H groups in total. The molecule has 0 radical (unpaired) electrons. The number of nitrogens with zero attached hydrogens (tertiary/aromatic N) is 1. The molecule has 0 bridgehead atoms. The average molecular weight is 414 g/mol. The van der Waals surface area contributed by atoms with Crippen LogP contribution in [0.4, 0.5) is 4.39 Å². The fraction of sp³-hybridized carbons (Fsp3) is 0.278. The summed E-state index contributed by atoms with van der Waals surface area (Å²) in [5.74, 6) is -1.26. The summed E-state index contributed by atoms with van der Waals surface area (Å²) in [7, 11) is -4.02. The SMILES string of the molecule is O=C(OCc1cccc(F)c1)C1CC(O)CN1S(=O)(=O)c1ccc(Cl)cc1. The molecular formula is C18H17ClFNO5S. The highest BCUT2D eigenvalue weighted by atomic mass is 35.5. The largest absolute Gasteiger partial charge is 0.460 e. The molecule has 0 saturated carbocycles. The van der Waals surface area contributed by atoms with Gasteiger partial charge in [-0.25, -0.2) is 12.8 Å². The van der Waals surface area contributed by atoms with E-state index in [1.165, 1.54) is 42.5 Å². The summed E-state index contributed by atoms with van der Waals surface area (Å²) in [6.07, 6.45) is -1.06. The van der Waals surface area contributed by atoms with E-state index in [0.29, 0.717) is 10.6 Å². The number of halogens is 2. The molecule has 0 spiro atoms. The van der Waals surface area contributed by atoms with E-state index in [-0.39, 0.29) is 24.5 Å². The summed E-state index contributed by atoms with van der Waals surface area (Å²) in [6.45, 7) is -0.414. The molecule has 1 fully saturated rings. The van der Waals surface area contributed by atoms with Crippen LogP contribution in [0.25, 0.3) is 0 Å². The van der Waals surface area contributed by atoms with Crippen LogP contribution < -0.4 is 0 Å². The van der Waals surface area contributed by atoms with E-state index >= 15 is 0 Å². The molecule has 2 aromatic rings. The van der Waals surface area contributed by atoms with Gasteiger partial charge in [0.2, 0.25) is 10.0 Å². The van der Waals surface area contributed by atoms with Crippen molar-refractivity contribution in [2.24, 2.45) is 0 Å². The Morgan fingerprint density at radius 1 is 1.26 bits per heavy atom. The van der Waals surface area contributed by atoms with Crippen molar-refractivity contribution in [3.8, 4) is 0 Å². The number of carbonyl (C=O) groups excluding carboxylic acids is 1. The fourth-order valence-corrected chi connectivity index (χ4v) is 4.64. The summed E-state index contributed by atoms with van der Waals surface area (Å²) < 4.78 is 45.0. The van der Waals surface area contributed by atoms with Gasteiger partial charge in [0, 0.05) is 18.0 Å². The van der Waals surface area contributed by atoms with E-state index in [0.717, 1.165) is 4.31 Å². The first-order valence-electron chi connectivity index (χ1n) is 8.14. The second-order valence-corrected chi connectivity index (χ2v) is 8.50. The first-order chi connectivity index (χ1) is 12.8. The lowest BCUT2D eigenvalue weighted by Gasteiger charge is -2.22. The van der Waals surface area contributed by atoms with E-state index in [1.807, 2.05) is 0 Å². The van der Waals surface area contributed by atoms with Gasteiger partial charge < -0.3 is 9.84 Å². The number of ether oxygens (including phenoxy) is 1. The van der Waals surface area contributed by atoms with Crippen LogP contribution in [-0.2, 0) is 26.2 Å². The number of hydrogen-bond donors (Lipinski definition) is 1. The van der Waals surface area contributed by atoms with Gasteiger partial charge in [-0.15, -0.1) is 0 Å². The number of rotatable bonds is 5. The fourth-order valence-electron chi connectivity index (χ4n) is 2.88.